The zero-order chi connectivity index (χ0) is 13.1. The number of aromatic nitrogens is 1. The van der Waals surface area contributed by atoms with Gasteiger partial charge in [-0.25, -0.2) is 4.98 Å². The molecule has 1 unspecified atom stereocenters. The Morgan fingerprint density at radius 2 is 2.39 bits per heavy atom. The molecule has 0 amide bonds. The Morgan fingerprint density at radius 3 is 3.06 bits per heavy atom. The van der Waals surface area contributed by atoms with Gasteiger partial charge < -0.3 is 10.0 Å². The highest BCUT2D eigenvalue weighted by Gasteiger charge is 2.26. The number of carboxylic acids is 1. The second-order valence-electron chi connectivity index (χ2n) is 4.25. The maximum Gasteiger partial charge on any atom is 0.308 e. The van der Waals surface area contributed by atoms with Crippen molar-refractivity contribution in [2.45, 2.75) is 12.8 Å². The van der Waals surface area contributed by atoms with Crippen molar-refractivity contribution in [1.82, 2.24) is 4.98 Å². The topological polar surface area (TPSA) is 96.6 Å². The smallest absolute Gasteiger partial charge is 0.308 e. The molecular formula is C11H13N3O4. The SMILES string of the molecule is O=C(O)C1CCCN(c2cc([N+](=O)[O-])ccn2)C1. The molecule has 1 atom stereocenters. The fraction of sp³-hybridized carbons (Fsp3) is 0.455. The summed E-state index contributed by atoms with van der Waals surface area (Å²) in [7, 11) is 0. The van der Waals surface area contributed by atoms with Gasteiger partial charge in [0.15, 0.2) is 0 Å². The number of hydrogen-bond donors (Lipinski definition) is 1. The molecule has 1 aromatic rings. The van der Waals surface area contributed by atoms with E-state index in [0.717, 1.165) is 6.42 Å². The molecule has 96 valence electrons. The molecule has 18 heavy (non-hydrogen) atoms. The molecule has 1 saturated heterocycles. The number of rotatable bonds is 3. The van der Waals surface area contributed by atoms with E-state index in [1.807, 2.05) is 0 Å². The van der Waals surface area contributed by atoms with E-state index >= 15 is 0 Å². The number of pyridine rings is 1. The number of piperidine rings is 1. The summed E-state index contributed by atoms with van der Waals surface area (Å²) in [6, 6.07) is 2.70. The van der Waals surface area contributed by atoms with Crippen LogP contribution >= 0.6 is 0 Å². The zero-order valence-electron chi connectivity index (χ0n) is 9.65. The molecule has 0 saturated carbocycles. The van der Waals surface area contributed by atoms with Crippen LogP contribution in [0.15, 0.2) is 18.3 Å². The maximum absolute atomic E-state index is 11.0. The monoisotopic (exact) mass is 251 g/mol. The predicted octanol–water partition coefficient (Wildman–Crippen LogP) is 1.29. The van der Waals surface area contributed by atoms with Crippen molar-refractivity contribution in [3.05, 3.63) is 28.4 Å². The summed E-state index contributed by atoms with van der Waals surface area (Å²) < 4.78 is 0. The third kappa shape index (κ3) is 2.55. The molecule has 1 fully saturated rings. The molecule has 7 heteroatoms. The van der Waals surface area contributed by atoms with Crippen molar-refractivity contribution in [1.29, 1.82) is 0 Å². The third-order valence-corrected chi connectivity index (χ3v) is 3.03. The van der Waals surface area contributed by atoms with Crippen LogP contribution in [0.3, 0.4) is 0 Å². The van der Waals surface area contributed by atoms with Gasteiger partial charge >= 0.3 is 5.97 Å². The largest absolute Gasteiger partial charge is 0.481 e. The average Bonchev–Trinajstić information content (AvgIpc) is 2.39. The van der Waals surface area contributed by atoms with Crippen LogP contribution in [0.1, 0.15) is 12.8 Å². The van der Waals surface area contributed by atoms with Gasteiger partial charge in [-0.2, -0.15) is 0 Å². The first-order valence-corrected chi connectivity index (χ1v) is 5.66. The molecule has 1 N–H and O–H groups in total. The Bertz CT molecular complexity index is 477. The Morgan fingerprint density at radius 1 is 1.61 bits per heavy atom. The number of anilines is 1. The van der Waals surface area contributed by atoms with Crippen LogP contribution in [0.2, 0.25) is 0 Å². The van der Waals surface area contributed by atoms with Crippen LogP contribution in [-0.2, 0) is 4.79 Å². The van der Waals surface area contributed by atoms with Gasteiger partial charge in [-0.15, -0.1) is 0 Å². The second-order valence-corrected chi connectivity index (χ2v) is 4.25. The van der Waals surface area contributed by atoms with E-state index in [1.165, 1.54) is 18.3 Å². The van der Waals surface area contributed by atoms with E-state index in [2.05, 4.69) is 4.98 Å². The van der Waals surface area contributed by atoms with E-state index < -0.39 is 16.8 Å². The molecule has 0 bridgehead atoms. The fourth-order valence-corrected chi connectivity index (χ4v) is 2.08. The molecule has 0 aromatic carbocycles. The van der Waals surface area contributed by atoms with Gasteiger partial charge in [0.1, 0.15) is 5.82 Å². The summed E-state index contributed by atoms with van der Waals surface area (Å²) in [4.78, 5) is 27.0. The van der Waals surface area contributed by atoms with Gasteiger partial charge in [-0.1, -0.05) is 0 Å². The van der Waals surface area contributed by atoms with Crippen molar-refractivity contribution in [3.63, 3.8) is 0 Å². The Labute approximate surface area is 103 Å². The van der Waals surface area contributed by atoms with Crippen LogP contribution in [-0.4, -0.2) is 34.1 Å². The lowest BCUT2D eigenvalue weighted by molar-refractivity contribution is -0.384. The van der Waals surface area contributed by atoms with Gasteiger partial charge in [0.2, 0.25) is 0 Å². The fourth-order valence-electron chi connectivity index (χ4n) is 2.08. The Hall–Kier alpha value is -2.18. The number of carboxylic acid groups (broad SMARTS) is 1. The van der Waals surface area contributed by atoms with Crippen LogP contribution in [0, 0.1) is 16.0 Å². The minimum atomic E-state index is -0.829. The average molecular weight is 251 g/mol. The van der Waals surface area contributed by atoms with E-state index in [4.69, 9.17) is 5.11 Å². The number of carbonyl (C=O) groups is 1. The summed E-state index contributed by atoms with van der Waals surface area (Å²) in [6.45, 7) is 1.03. The predicted molar refractivity (Wildman–Crippen MR) is 63.5 cm³/mol. The van der Waals surface area contributed by atoms with Crippen molar-refractivity contribution in [2.24, 2.45) is 5.92 Å². The molecule has 1 aliphatic heterocycles. The van der Waals surface area contributed by atoms with E-state index in [0.29, 0.717) is 25.3 Å². The van der Waals surface area contributed by atoms with Crippen molar-refractivity contribution >= 4 is 17.5 Å². The number of hydrogen-bond acceptors (Lipinski definition) is 5. The minimum Gasteiger partial charge on any atom is -0.481 e. The summed E-state index contributed by atoms with van der Waals surface area (Å²) in [5.74, 6) is -0.792. The van der Waals surface area contributed by atoms with E-state index in [-0.39, 0.29) is 5.69 Å². The second kappa shape index (κ2) is 4.99. The Kier molecular flexibility index (Phi) is 3.40. The quantitative estimate of drug-likeness (QED) is 0.642. The molecule has 2 heterocycles. The van der Waals surface area contributed by atoms with E-state index in [1.54, 1.807) is 4.90 Å². The number of nitro groups is 1. The molecule has 1 aliphatic rings. The van der Waals surface area contributed by atoms with Crippen LogP contribution in [0.4, 0.5) is 11.5 Å². The van der Waals surface area contributed by atoms with Gasteiger partial charge in [0.05, 0.1) is 16.9 Å². The molecule has 0 aliphatic carbocycles. The molecule has 0 radical (unpaired) electrons. The Balaban J connectivity index is 2.18. The highest BCUT2D eigenvalue weighted by atomic mass is 16.6. The number of nitrogens with zero attached hydrogens (tertiary/aromatic N) is 3. The lowest BCUT2D eigenvalue weighted by Gasteiger charge is -2.31. The highest BCUT2D eigenvalue weighted by Crippen LogP contribution is 2.24. The lowest BCUT2D eigenvalue weighted by atomic mass is 9.98. The van der Waals surface area contributed by atoms with Gasteiger partial charge in [0, 0.05) is 25.4 Å². The minimum absolute atomic E-state index is 0.0301. The van der Waals surface area contributed by atoms with Gasteiger partial charge in [0.25, 0.3) is 5.69 Å². The van der Waals surface area contributed by atoms with Crippen molar-refractivity contribution in [3.8, 4) is 0 Å². The normalized spacial score (nSPS) is 19.6. The van der Waals surface area contributed by atoms with Gasteiger partial charge in [-0.05, 0) is 12.8 Å². The first-order chi connectivity index (χ1) is 8.58. The standard InChI is InChI=1S/C11H13N3O4/c15-11(16)8-2-1-5-13(7-8)10-6-9(14(17)18)3-4-12-10/h3-4,6,8H,1-2,5,7H2,(H,15,16). The highest BCUT2D eigenvalue weighted by molar-refractivity contribution is 5.71. The molecule has 7 nitrogen and oxygen atoms in total. The summed E-state index contributed by atoms with van der Waals surface area (Å²) >= 11 is 0. The maximum atomic E-state index is 11.0. The molecule has 2 rings (SSSR count). The summed E-state index contributed by atoms with van der Waals surface area (Å²) in [5, 5.41) is 19.7. The third-order valence-electron chi connectivity index (χ3n) is 3.03. The van der Waals surface area contributed by atoms with Crippen molar-refractivity contribution in [2.75, 3.05) is 18.0 Å². The van der Waals surface area contributed by atoms with E-state index in [9.17, 15) is 14.9 Å². The molecule has 1 aromatic heterocycles. The molecular weight excluding hydrogens is 238 g/mol. The first-order valence-electron chi connectivity index (χ1n) is 5.66. The number of aliphatic carboxylic acids is 1. The zero-order valence-corrected chi connectivity index (χ0v) is 9.65. The van der Waals surface area contributed by atoms with Gasteiger partial charge in [-0.3, -0.25) is 14.9 Å². The molecule has 0 spiro atoms. The summed E-state index contributed by atoms with van der Waals surface area (Å²) in [6.07, 6.45) is 2.76. The van der Waals surface area contributed by atoms with Crippen LogP contribution in [0.5, 0.6) is 0 Å². The lowest BCUT2D eigenvalue weighted by Crippen LogP contribution is -2.39. The van der Waals surface area contributed by atoms with Crippen LogP contribution < -0.4 is 4.90 Å². The van der Waals surface area contributed by atoms with Crippen molar-refractivity contribution < 1.29 is 14.8 Å². The first kappa shape index (κ1) is 12.3. The summed E-state index contributed by atoms with van der Waals surface area (Å²) in [5.41, 5.74) is -0.0301. The van der Waals surface area contributed by atoms with Crippen LogP contribution in [0.25, 0.3) is 0 Å².